The van der Waals surface area contributed by atoms with Gasteiger partial charge in [-0.25, -0.2) is 0 Å². The number of nitrogens with one attached hydrogen (secondary N) is 1. The predicted octanol–water partition coefficient (Wildman–Crippen LogP) is 2.13. The molecule has 2 saturated heterocycles. The first-order chi connectivity index (χ1) is 12.1. The lowest BCUT2D eigenvalue weighted by Gasteiger charge is -2.53. The molecule has 26 heavy (non-hydrogen) atoms. The Morgan fingerprint density at radius 3 is 2.69 bits per heavy atom. The van der Waals surface area contributed by atoms with Gasteiger partial charge in [0.1, 0.15) is 6.04 Å². The second kappa shape index (κ2) is 7.08. The fraction of sp³-hybridized carbons (Fsp3) is 0.947. The van der Waals surface area contributed by atoms with Crippen molar-refractivity contribution in [1.82, 2.24) is 5.32 Å². The Bertz CT molecular complexity index is 546. The van der Waals surface area contributed by atoms with Crippen LogP contribution in [0.3, 0.4) is 0 Å². The van der Waals surface area contributed by atoms with E-state index in [9.17, 15) is 9.90 Å². The maximum atomic E-state index is 11.4. The summed E-state index contributed by atoms with van der Waals surface area (Å²) >= 11 is 0. The predicted molar refractivity (Wildman–Crippen MR) is 102 cm³/mol. The third kappa shape index (κ3) is 3.32. The number of nitrogens with two attached hydrogens (primary N) is 1. The molecule has 0 aromatic carbocycles. The highest BCUT2D eigenvalue weighted by atomic mass is 16.7. The number of fused-ring (bicyclic) bond motifs is 1. The van der Waals surface area contributed by atoms with Gasteiger partial charge in [-0.3, -0.25) is 4.79 Å². The molecule has 3 rings (SSSR count). The average molecular weight is 366 g/mol. The first-order valence-corrected chi connectivity index (χ1v) is 10.1. The lowest BCUT2D eigenvalue weighted by molar-refractivity contribution is -0.140. The van der Waals surface area contributed by atoms with Crippen LogP contribution in [0.15, 0.2) is 0 Å². The summed E-state index contributed by atoms with van der Waals surface area (Å²) in [5.74, 6) is 0.180. The summed E-state index contributed by atoms with van der Waals surface area (Å²) in [5, 5.41) is 12.3. The first-order valence-electron chi connectivity index (χ1n) is 10.1. The minimum absolute atomic E-state index is 0.0235. The molecule has 0 aromatic heterocycles. The standard InChI is InChI=1S/C19H35BN2O4/c1-11-9-15-19(5,12(2)18(11,3)4)26-20(25-15)8-6-7-13-14(21)10-22-16(13)17(23)24/h11-16,22H,6-10,21H2,1-5H3,(H,23,24)/t11-,12-,13?,14?,15+,16+,19-/m1/s1. The Morgan fingerprint density at radius 2 is 2.04 bits per heavy atom. The molecule has 0 bridgehead atoms. The van der Waals surface area contributed by atoms with Gasteiger partial charge in [0, 0.05) is 18.5 Å². The molecule has 0 radical (unpaired) electrons. The quantitative estimate of drug-likeness (QED) is 0.646. The van der Waals surface area contributed by atoms with Gasteiger partial charge in [0.05, 0.1) is 11.7 Å². The number of rotatable bonds is 5. The van der Waals surface area contributed by atoms with Crippen molar-refractivity contribution in [2.24, 2.45) is 28.9 Å². The maximum absolute atomic E-state index is 11.4. The monoisotopic (exact) mass is 366 g/mol. The second-order valence-corrected chi connectivity index (χ2v) is 9.52. The fourth-order valence-electron chi connectivity index (χ4n) is 5.28. The fourth-order valence-corrected chi connectivity index (χ4v) is 5.28. The van der Waals surface area contributed by atoms with Crippen molar-refractivity contribution in [3.63, 3.8) is 0 Å². The number of carboxylic acids is 1. The molecule has 0 amide bonds. The van der Waals surface area contributed by atoms with Crippen LogP contribution in [0.25, 0.3) is 0 Å². The van der Waals surface area contributed by atoms with Crippen LogP contribution < -0.4 is 11.1 Å². The molecule has 1 saturated carbocycles. The van der Waals surface area contributed by atoms with E-state index >= 15 is 0 Å². The zero-order chi connectivity index (χ0) is 19.3. The van der Waals surface area contributed by atoms with Crippen molar-refractivity contribution in [1.29, 1.82) is 0 Å². The SMILES string of the molecule is C[C@@H]1C[C@@H]2OB(CCCC3C(N)CN[C@@H]3C(=O)O)O[C@]2(C)[C@H](C)C1(C)C. The number of carbonyl (C=O) groups is 1. The molecular formula is C19H35BN2O4. The summed E-state index contributed by atoms with van der Waals surface area (Å²) in [6.07, 6.45) is 3.62. The van der Waals surface area contributed by atoms with E-state index < -0.39 is 12.0 Å². The Morgan fingerprint density at radius 1 is 1.35 bits per heavy atom. The first kappa shape index (κ1) is 20.1. The smallest absolute Gasteiger partial charge is 0.457 e. The van der Waals surface area contributed by atoms with Crippen molar-refractivity contribution in [3.8, 4) is 0 Å². The van der Waals surface area contributed by atoms with Crippen LogP contribution in [0, 0.1) is 23.2 Å². The Balaban J connectivity index is 1.56. The summed E-state index contributed by atoms with van der Waals surface area (Å²) < 4.78 is 12.7. The molecule has 6 nitrogen and oxygen atoms in total. The molecule has 3 fully saturated rings. The van der Waals surface area contributed by atoms with Crippen LogP contribution in [-0.2, 0) is 14.1 Å². The number of carboxylic acid groups (broad SMARTS) is 1. The highest BCUT2D eigenvalue weighted by Gasteiger charge is 2.59. The largest absolute Gasteiger partial charge is 0.480 e. The Kier molecular flexibility index (Phi) is 5.48. The van der Waals surface area contributed by atoms with Crippen LogP contribution in [0.2, 0.25) is 6.32 Å². The molecule has 2 aliphatic heterocycles. The van der Waals surface area contributed by atoms with E-state index in [1.807, 2.05) is 0 Å². The Labute approximate surface area is 157 Å². The molecule has 2 heterocycles. The summed E-state index contributed by atoms with van der Waals surface area (Å²) in [4.78, 5) is 11.4. The summed E-state index contributed by atoms with van der Waals surface area (Å²) in [5.41, 5.74) is 6.08. The van der Waals surface area contributed by atoms with Crippen LogP contribution in [-0.4, -0.2) is 48.5 Å². The van der Waals surface area contributed by atoms with Gasteiger partial charge in [-0.05, 0) is 43.3 Å². The topological polar surface area (TPSA) is 93.8 Å². The maximum Gasteiger partial charge on any atom is 0.457 e. The summed E-state index contributed by atoms with van der Waals surface area (Å²) in [6, 6.07) is -0.625. The van der Waals surface area contributed by atoms with Crippen molar-refractivity contribution < 1.29 is 19.2 Å². The van der Waals surface area contributed by atoms with Gasteiger partial charge in [-0.15, -0.1) is 0 Å². The molecule has 2 unspecified atom stereocenters. The van der Waals surface area contributed by atoms with Crippen molar-refractivity contribution in [2.75, 3.05) is 6.54 Å². The minimum atomic E-state index is -0.806. The van der Waals surface area contributed by atoms with E-state index in [1.54, 1.807) is 0 Å². The summed E-state index contributed by atoms with van der Waals surface area (Å²) in [6.45, 7) is 12.0. The molecular weight excluding hydrogens is 331 g/mol. The van der Waals surface area contributed by atoms with Crippen LogP contribution in [0.1, 0.15) is 53.9 Å². The van der Waals surface area contributed by atoms with Crippen molar-refractivity contribution >= 4 is 13.1 Å². The molecule has 1 aliphatic carbocycles. The molecule has 3 aliphatic rings. The average Bonchev–Trinajstić information content (AvgIpc) is 3.08. The second-order valence-electron chi connectivity index (χ2n) is 9.52. The van der Waals surface area contributed by atoms with Gasteiger partial charge in [0.15, 0.2) is 0 Å². The zero-order valence-corrected chi connectivity index (χ0v) is 16.8. The molecule has 0 spiro atoms. The van der Waals surface area contributed by atoms with E-state index in [4.69, 9.17) is 15.0 Å². The van der Waals surface area contributed by atoms with E-state index in [1.165, 1.54) is 0 Å². The normalized spacial score (nSPS) is 44.9. The molecule has 7 atom stereocenters. The van der Waals surface area contributed by atoms with Gasteiger partial charge in [0.25, 0.3) is 0 Å². The highest BCUT2D eigenvalue weighted by Crippen LogP contribution is 2.54. The van der Waals surface area contributed by atoms with Crippen LogP contribution in [0.5, 0.6) is 0 Å². The van der Waals surface area contributed by atoms with Gasteiger partial charge < -0.3 is 25.5 Å². The molecule has 148 valence electrons. The van der Waals surface area contributed by atoms with Crippen LogP contribution >= 0.6 is 0 Å². The molecule has 4 N–H and O–H groups in total. The number of aliphatic carboxylic acids is 1. The molecule has 0 aromatic rings. The highest BCUT2D eigenvalue weighted by molar-refractivity contribution is 6.45. The minimum Gasteiger partial charge on any atom is -0.480 e. The van der Waals surface area contributed by atoms with E-state index in [2.05, 4.69) is 39.9 Å². The third-order valence-electron chi connectivity index (χ3n) is 7.95. The van der Waals surface area contributed by atoms with Crippen molar-refractivity contribution in [3.05, 3.63) is 0 Å². The van der Waals surface area contributed by atoms with E-state index in [-0.39, 0.29) is 36.2 Å². The number of hydrogen-bond donors (Lipinski definition) is 3. The lowest BCUT2D eigenvalue weighted by Crippen LogP contribution is -2.56. The van der Waals surface area contributed by atoms with Gasteiger partial charge in [-0.2, -0.15) is 0 Å². The van der Waals surface area contributed by atoms with Crippen molar-refractivity contribution in [2.45, 2.75) is 84.0 Å². The van der Waals surface area contributed by atoms with E-state index in [0.717, 1.165) is 25.6 Å². The van der Waals surface area contributed by atoms with E-state index in [0.29, 0.717) is 18.4 Å². The lowest BCUT2D eigenvalue weighted by atomic mass is 9.57. The zero-order valence-electron chi connectivity index (χ0n) is 16.8. The molecule has 7 heteroatoms. The Hall–Kier alpha value is -0.625. The summed E-state index contributed by atoms with van der Waals surface area (Å²) in [7, 11) is -0.192. The van der Waals surface area contributed by atoms with Gasteiger partial charge in [0.2, 0.25) is 0 Å². The number of hydrogen-bond acceptors (Lipinski definition) is 5. The van der Waals surface area contributed by atoms with Gasteiger partial charge in [-0.1, -0.05) is 34.1 Å². The third-order valence-corrected chi connectivity index (χ3v) is 7.95. The van der Waals surface area contributed by atoms with Gasteiger partial charge >= 0.3 is 13.1 Å². The van der Waals surface area contributed by atoms with Crippen LogP contribution in [0.4, 0.5) is 0 Å².